The zero-order chi connectivity index (χ0) is 41.6. The molecule has 15 heteroatoms. The van der Waals surface area contributed by atoms with E-state index in [9.17, 15) is 34.4 Å². The third-order valence-electron chi connectivity index (χ3n) is 8.90. The van der Waals surface area contributed by atoms with Gasteiger partial charge < -0.3 is 40.0 Å². The van der Waals surface area contributed by atoms with E-state index in [2.05, 4.69) is 16.0 Å². The van der Waals surface area contributed by atoms with Crippen molar-refractivity contribution in [2.24, 2.45) is 23.7 Å². The van der Waals surface area contributed by atoms with Crippen molar-refractivity contribution >= 4 is 40.8 Å². The SMILES string of the molecule is CC(C)COCCOc1cc(C(=O)Nc2ccc(C(=O)Nc3ccc(C(=O)NC4CCC(C(=O)O)CC4)cc3OCC(C)C)cc2OCC(C)C)ccc1[N+](=O)[O-]. The standard InChI is InChI=1S/C42H54N4O11/c1-25(2)22-54-17-18-55-38-21-31(11-16-35(38)46(52)53)41(49)45-34-15-10-30(20-37(34)57-24-27(5)6)40(48)44-33-14-9-29(19-36(33)56-23-26(3)4)39(47)43-32-12-7-28(8-13-32)42(50)51/h9-11,14-16,19-21,25-28,32H,7-8,12-13,17-18,22-24H2,1-6H3,(H,43,47)(H,44,48)(H,45,49)(H,50,51). The number of nitrogens with zero attached hydrogens (tertiary/aromatic N) is 1. The van der Waals surface area contributed by atoms with Gasteiger partial charge in [-0.25, -0.2) is 0 Å². The van der Waals surface area contributed by atoms with Gasteiger partial charge in [0.15, 0.2) is 5.75 Å². The van der Waals surface area contributed by atoms with Crippen LogP contribution in [0.2, 0.25) is 0 Å². The Labute approximate surface area is 332 Å². The molecule has 0 aliphatic heterocycles. The largest absolute Gasteiger partial charge is 0.491 e. The van der Waals surface area contributed by atoms with Crippen LogP contribution < -0.4 is 30.2 Å². The van der Waals surface area contributed by atoms with Gasteiger partial charge >= 0.3 is 11.7 Å². The molecule has 0 radical (unpaired) electrons. The summed E-state index contributed by atoms with van der Waals surface area (Å²) < 4.78 is 23.2. The molecule has 1 aliphatic rings. The second-order valence-electron chi connectivity index (χ2n) is 15.4. The molecule has 1 saturated carbocycles. The minimum Gasteiger partial charge on any atom is -0.491 e. The highest BCUT2D eigenvalue weighted by molar-refractivity contribution is 6.08. The molecule has 308 valence electrons. The molecule has 3 amide bonds. The topological polar surface area (TPSA) is 205 Å². The van der Waals surface area contributed by atoms with Crippen molar-refractivity contribution in [2.45, 2.75) is 73.3 Å². The minimum atomic E-state index is -0.814. The Kier molecular flexibility index (Phi) is 16.2. The van der Waals surface area contributed by atoms with Crippen LogP contribution in [-0.4, -0.2) is 72.8 Å². The molecule has 0 heterocycles. The van der Waals surface area contributed by atoms with Crippen molar-refractivity contribution < 1.29 is 48.2 Å². The molecule has 3 aromatic carbocycles. The number of anilines is 2. The minimum absolute atomic E-state index is 0.0541. The summed E-state index contributed by atoms with van der Waals surface area (Å²) in [4.78, 5) is 62.8. The average Bonchev–Trinajstić information content (AvgIpc) is 3.16. The van der Waals surface area contributed by atoms with E-state index >= 15 is 0 Å². The van der Waals surface area contributed by atoms with Crippen molar-refractivity contribution in [1.29, 1.82) is 0 Å². The fourth-order valence-electron chi connectivity index (χ4n) is 5.88. The van der Waals surface area contributed by atoms with E-state index in [0.717, 1.165) is 0 Å². The van der Waals surface area contributed by atoms with E-state index in [-0.39, 0.29) is 77.6 Å². The molecule has 0 spiro atoms. The predicted molar refractivity (Wildman–Crippen MR) is 215 cm³/mol. The van der Waals surface area contributed by atoms with Crippen LogP contribution in [0.15, 0.2) is 54.6 Å². The number of carboxylic acid groups (broad SMARTS) is 1. The highest BCUT2D eigenvalue weighted by Gasteiger charge is 2.27. The van der Waals surface area contributed by atoms with Gasteiger partial charge in [0.05, 0.1) is 42.0 Å². The van der Waals surface area contributed by atoms with Crippen LogP contribution in [0.4, 0.5) is 17.1 Å². The first kappa shape index (κ1) is 44.0. The summed E-state index contributed by atoms with van der Waals surface area (Å²) in [7, 11) is 0. The average molecular weight is 791 g/mol. The number of ether oxygens (including phenoxy) is 4. The molecule has 0 atom stereocenters. The summed E-state index contributed by atoms with van der Waals surface area (Å²) >= 11 is 0. The van der Waals surface area contributed by atoms with Gasteiger partial charge in [-0.1, -0.05) is 41.5 Å². The number of carbonyl (C=O) groups is 4. The smallest absolute Gasteiger partial charge is 0.310 e. The van der Waals surface area contributed by atoms with Gasteiger partial charge in [-0.2, -0.15) is 0 Å². The van der Waals surface area contributed by atoms with Crippen LogP contribution in [0.25, 0.3) is 0 Å². The van der Waals surface area contributed by atoms with Gasteiger partial charge in [-0.15, -0.1) is 0 Å². The lowest BCUT2D eigenvalue weighted by Gasteiger charge is -2.27. The zero-order valence-electron chi connectivity index (χ0n) is 33.4. The highest BCUT2D eigenvalue weighted by atomic mass is 16.6. The Morgan fingerprint density at radius 1 is 0.667 bits per heavy atom. The maximum Gasteiger partial charge on any atom is 0.310 e. The molecule has 4 N–H and O–H groups in total. The molecule has 4 rings (SSSR count). The van der Waals surface area contributed by atoms with E-state index in [4.69, 9.17) is 18.9 Å². The molecule has 1 aliphatic carbocycles. The van der Waals surface area contributed by atoms with E-state index in [1.54, 1.807) is 18.2 Å². The lowest BCUT2D eigenvalue weighted by molar-refractivity contribution is -0.385. The number of nitro groups is 1. The van der Waals surface area contributed by atoms with Gasteiger partial charge in [0, 0.05) is 41.5 Å². The molecule has 3 aromatic rings. The van der Waals surface area contributed by atoms with Crippen LogP contribution in [0, 0.1) is 33.8 Å². The number of rotatable bonds is 20. The Hall–Kier alpha value is -5.70. The molecule has 0 saturated heterocycles. The molecule has 1 fully saturated rings. The summed E-state index contributed by atoms with van der Waals surface area (Å²) in [6.07, 6.45) is 2.13. The first-order valence-corrected chi connectivity index (χ1v) is 19.3. The van der Waals surface area contributed by atoms with E-state index < -0.39 is 28.6 Å². The Morgan fingerprint density at radius 2 is 1.14 bits per heavy atom. The lowest BCUT2D eigenvalue weighted by atomic mass is 9.86. The second kappa shape index (κ2) is 21.0. The van der Waals surface area contributed by atoms with E-state index in [0.29, 0.717) is 61.8 Å². The molecular weight excluding hydrogens is 736 g/mol. The Bertz CT molecular complexity index is 1890. The molecule has 0 bridgehead atoms. The quantitative estimate of drug-likeness (QED) is 0.0498. The van der Waals surface area contributed by atoms with E-state index in [1.807, 2.05) is 41.5 Å². The summed E-state index contributed by atoms with van der Waals surface area (Å²) in [6, 6.07) is 13.0. The number of amides is 3. The number of nitrogens with one attached hydrogen (secondary N) is 3. The van der Waals surface area contributed by atoms with Crippen LogP contribution in [0.5, 0.6) is 17.2 Å². The summed E-state index contributed by atoms with van der Waals surface area (Å²) in [6.45, 7) is 13.2. The van der Waals surface area contributed by atoms with Gasteiger partial charge in [0.25, 0.3) is 17.7 Å². The Morgan fingerprint density at radius 3 is 1.61 bits per heavy atom. The van der Waals surface area contributed by atoms with Crippen molar-refractivity contribution in [2.75, 3.05) is 43.7 Å². The maximum absolute atomic E-state index is 13.7. The van der Waals surface area contributed by atoms with Crippen molar-refractivity contribution in [1.82, 2.24) is 5.32 Å². The van der Waals surface area contributed by atoms with Crippen LogP contribution >= 0.6 is 0 Å². The fourth-order valence-corrected chi connectivity index (χ4v) is 5.88. The molecule has 57 heavy (non-hydrogen) atoms. The summed E-state index contributed by atoms with van der Waals surface area (Å²) in [5, 5.41) is 29.6. The van der Waals surface area contributed by atoms with E-state index in [1.165, 1.54) is 36.4 Å². The summed E-state index contributed by atoms with van der Waals surface area (Å²) in [5.74, 6) is -1.59. The first-order valence-electron chi connectivity index (χ1n) is 19.3. The number of carboxylic acids is 1. The monoisotopic (exact) mass is 790 g/mol. The molecular formula is C42H54N4O11. The van der Waals surface area contributed by atoms with Crippen LogP contribution in [0.3, 0.4) is 0 Å². The number of carbonyl (C=O) groups excluding carboxylic acids is 3. The van der Waals surface area contributed by atoms with Crippen LogP contribution in [0.1, 0.15) is 98.3 Å². The number of benzene rings is 3. The van der Waals surface area contributed by atoms with Crippen molar-refractivity contribution in [3.05, 3.63) is 81.4 Å². The van der Waals surface area contributed by atoms with Gasteiger partial charge in [-0.3, -0.25) is 29.3 Å². The molecule has 15 nitrogen and oxygen atoms in total. The normalized spacial score (nSPS) is 15.2. The number of aliphatic carboxylic acids is 1. The van der Waals surface area contributed by atoms with Crippen molar-refractivity contribution in [3.63, 3.8) is 0 Å². The lowest BCUT2D eigenvalue weighted by Crippen LogP contribution is -2.38. The Balaban J connectivity index is 1.51. The second-order valence-corrected chi connectivity index (χ2v) is 15.4. The number of nitro benzene ring substituents is 1. The van der Waals surface area contributed by atoms with Gasteiger partial charge in [-0.05, 0) is 85.9 Å². The van der Waals surface area contributed by atoms with Gasteiger partial charge in [0.2, 0.25) is 0 Å². The van der Waals surface area contributed by atoms with Crippen molar-refractivity contribution in [3.8, 4) is 17.2 Å². The fraction of sp³-hybridized carbons (Fsp3) is 0.476. The predicted octanol–water partition coefficient (Wildman–Crippen LogP) is 7.59. The third kappa shape index (κ3) is 13.5. The third-order valence-corrected chi connectivity index (χ3v) is 8.90. The van der Waals surface area contributed by atoms with Gasteiger partial charge in [0.1, 0.15) is 18.1 Å². The van der Waals surface area contributed by atoms with Crippen LogP contribution in [-0.2, 0) is 9.53 Å². The molecule has 0 aromatic heterocycles. The maximum atomic E-state index is 13.7. The summed E-state index contributed by atoms with van der Waals surface area (Å²) in [5.41, 5.74) is 0.966. The molecule has 0 unspecified atom stereocenters. The number of hydrogen-bond acceptors (Lipinski definition) is 10. The first-order chi connectivity index (χ1) is 27.1. The highest BCUT2D eigenvalue weighted by Crippen LogP contribution is 2.33. The number of hydrogen-bond donors (Lipinski definition) is 4. The zero-order valence-corrected chi connectivity index (χ0v) is 33.4.